The van der Waals surface area contributed by atoms with Gasteiger partial charge in [-0.3, -0.25) is 14.4 Å². The smallest absolute Gasteiger partial charge is 0.416 e. The first-order valence-electron chi connectivity index (χ1n) is 7.25. The Bertz CT molecular complexity index is 944. The number of benzene rings is 2. The monoisotopic (exact) mass is 436 g/mol. The van der Waals surface area contributed by atoms with Crippen LogP contribution in [-0.2, 0) is 15.8 Å². The largest absolute Gasteiger partial charge is 0.480 e. The van der Waals surface area contributed by atoms with E-state index in [-0.39, 0.29) is 21.5 Å². The van der Waals surface area contributed by atoms with Crippen molar-refractivity contribution >= 4 is 40.9 Å². The van der Waals surface area contributed by atoms with Gasteiger partial charge >= 0.3 is 18.1 Å². The third-order valence-electron chi connectivity index (χ3n) is 3.45. The fourth-order valence-corrected chi connectivity index (χ4v) is 2.56. The highest BCUT2D eigenvalue weighted by molar-refractivity contribution is 6.35. The normalized spacial score (nSPS) is 11.4. The molecule has 11 heteroatoms. The molecular formula is C17H9Cl2F3O6. The molecule has 2 aromatic rings. The number of rotatable bonds is 6. The molecular weight excluding hydrogens is 428 g/mol. The first-order chi connectivity index (χ1) is 12.9. The number of carbonyl (C=O) groups excluding carboxylic acids is 1. The molecule has 0 aliphatic rings. The number of ketones is 1. The Kier molecular flexibility index (Phi) is 6.20. The van der Waals surface area contributed by atoms with Crippen LogP contribution >= 0.6 is 23.2 Å². The average Bonchev–Trinajstić information content (AvgIpc) is 2.56. The molecule has 0 unspecified atom stereocenters. The third kappa shape index (κ3) is 4.73. The molecule has 2 rings (SSSR count). The highest BCUT2D eigenvalue weighted by atomic mass is 35.5. The van der Waals surface area contributed by atoms with Crippen LogP contribution in [0.5, 0.6) is 11.5 Å². The lowest BCUT2D eigenvalue weighted by atomic mass is 9.97. The maximum absolute atomic E-state index is 12.7. The van der Waals surface area contributed by atoms with Gasteiger partial charge in [0, 0.05) is 5.56 Å². The minimum atomic E-state index is -4.61. The average molecular weight is 437 g/mol. The van der Waals surface area contributed by atoms with E-state index in [1.807, 2.05) is 0 Å². The molecule has 0 fully saturated rings. The SMILES string of the molecule is O=C(O)C(C(=O)O)C(=O)c1cc(Oc2ccc(C(F)(F)F)cc2Cl)ccc1Cl. The number of hydrogen-bond acceptors (Lipinski definition) is 4. The number of halogens is 5. The van der Waals surface area contributed by atoms with Gasteiger partial charge in [-0.15, -0.1) is 0 Å². The van der Waals surface area contributed by atoms with Gasteiger partial charge in [0.15, 0.2) is 5.78 Å². The van der Waals surface area contributed by atoms with Crippen molar-refractivity contribution in [3.8, 4) is 11.5 Å². The number of ether oxygens (including phenoxy) is 1. The fraction of sp³-hybridized carbons (Fsp3) is 0.118. The Morgan fingerprint density at radius 2 is 1.54 bits per heavy atom. The summed E-state index contributed by atoms with van der Waals surface area (Å²) in [5, 5.41) is 17.2. The summed E-state index contributed by atoms with van der Waals surface area (Å²) in [6, 6.07) is 5.68. The Balaban J connectivity index is 2.37. The van der Waals surface area contributed by atoms with Crippen molar-refractivity contribution in [3.63, 3.8) is 0 Å². The van der Waals surface area contributed by atoms with E-state index in [4.69, 9.17) is 38.2 Å². The first-order valence-corrected chi connectivity index (χ1v) is 8.01. The molecule has 0 amide bonds. The topological polar surface area (TPSA) is 101 Å². The molecule has 0 radical (unpaired) electrons. The Morgan fingerprint density at radius 1 is 0.929 bits per heavy atom. The van der Waals surface area contributed by atoms with E-state index < -0.39 is 40.9 Å². The lowest BCUT2D eigenvalue weighted by molar-refractivity contribution is -0.151. The highest BCUT2D eigenvalue weighted by Gasteiger charge is 2.36. The zero-order valence-electron chi connectivity index (χ0n) is 13.5. The van der Waals surface area contributed by atoms with Gasteiger partial charge < -0.3 is 14.9 Å². The zero-order valence-corrected chi connectivity index (χ0v) is 15.0. The Morgan fingerprint density at radius 3 is 2.04 bits per heavy atom. The summed E-state index contributed by atoms with van der Waals surface area (Å²) >= 11 is 11.6. The Labute approximate surface area is 165 Å². The van der Waals surface area contributed by atoms with Crippen molar-refractivity contribution in [2.45, 2.75) is 6.18 Å². The minimum absolute atomic E-state index is 0.121. The van der Waals surface area contributed by atoms with Gasteiger partial charge in [0.1, 0.15) is 11.5 Å². The Hall–Kier alpha value is -2.78. The molecule has 0 saturated carbocycles. The van der Waals surface area contributed by atoms with Gasteiger partial charge in [-0.2, -0.15) is 13.2 Å². The molecule has 2 aromatic carbocycles. The molecule has 0 atom stereocenters. The summed E-state index contributed by atoms with van der Waals surface area (Å²) < 4.78 is 43.3. The lowest BCUT2D eigenvalue weighted by Crippen LogP contribution is -2.31. The van der Waals surface area contributed by atoms with E-state index in [1.165, 1.54) is 6.07 Å². The van der Waals surface area contributed by atoms with Gasteiger partial charge in [-0.05, 0) is 36.4 Å². The molecule has 0 heterocycles. The summed E-state index contributed by atoms with van der Waals surface area (Å²) in [6.45, 7) is 0. The number of carbonyl (C=O) groups is 3. The number of carboxylic acid groups (broad SMARTS) is 2. The minimum Gasteiger partial charge on any atom is -0.480 e. The third-order valence-corrected chi connectivity index (χ3v) is 4.07. The second-order valence-electron chi connectivity index (χ2n) is 5.36. The van der Waals surface area contributed by atoms with Crippen LogP contribution in [0, 0.1) is 5.92 Å². The van der Waals surface area contributed by atoms with Crippen molar-refractivity contribution in [1.82, 2.24) is 0 Å². The first kappa shape index (κ1) is 21.5. The van der Waals surface area contributed by atoms with Gasteiger partial charge in [-0.1, -0.05) is 23.2 Å². The van der Waals surface area contributed by atoms with Crippen LogP contribution in [0.15, 0.2) is 36.4 Å². The molecule has 2 N–H and O–H groups in total. The number of Topliss-reactive ketones (excluding diaryl/α,β-unsaturated/α-hetero) is 1. The standard InChI is InChI=1S/C17H9Cl2F3O6/c18-10-3-2-8(6-9(10)14(23)13(15(24)25)16(26)27)28-12-4-1-7(5-11(12)19)17(20,21)22/h1-6,13H,(H,24,25)(H,26,27). The molecule has 0 bridgehead atoms. The highest BCUT2D eigenvalue weighted by Crippen LogP contribution is 2.37. The fourth-order valence-electron chi connectivity index (χ4n) is 2.13. The van der Waals surface area contributed by atoms with Crippen LogP contribution in [0.1, 0.15) is 15.9 Å². The van der Waals surface area contributed by atoms with Crippen LogP contribution in [0.25, 0.3) is 0 Å². The van der Waals surface area contributed by atoms with Crippen molar-refractivity contribution in [3.05, 3.63) is 57.6 Å². The molecule has 6 nitrogen and oxygen atoms in total. The van der Waals surface area contributed by atoms with Gasteiger partial charge in [0.2, 0.25) is 5.92 Å². The van der Waals surface area contributed by atoms with E-state index in [2.05, 4.69) is 0 Å². The predicted octanol–water partition coefficient (Wildman–Crippen LogP) is 4.77. The number of hydrogen-bond donors (Lipinski definition) is 2. The second kappa shape index (κ2) is 8.07. The van der Waals surface area contributed by atoms with E-state index in [0.717, 1.165) is 24.3 Å². The predicted molar refractivity (Wildman–Crippen MR) is 91.1 cm³/mol. The molecule has 0 aliphatic carbocycles. The van der Waals surface area contributed by atoms with Gasteiger partial charge in [0.05, 0.1) is 15.6 Å². The van der Waals surface area contributed by atoms with Crippen LogP contribution in [-0.4, -0.2) is 27.9 Å². The van der Waals surface area contributed by atoms with Gasteiger partial charge in [0.25, 0.3) is 0 Å². The molecule has 0 aromatic heterocycles. The summed E-state index contributed by atoms with van der Waals surface area (Å²) in [4.78, 5) is 34.3. The summed E-state index contributed by atoms with van der Waals surface area (Å²) in [5.41, 5.74) is -1.44. The lowest BCUT2D eigenvalue weighted by Gasteiger charge is -2.13. The molecule has 0 saturated heterocycles. The number of alkyl halides is 3. The van der Waals surface area contributed by atoms with E-state index in [1.54, 1.807) is 0 Å². The van der Waals surface area contributed by atoms with Crippen LogP contribution in [0.4, 0.5) is 13.2 Å². The van der Waals surface area contributed by atoms with Crippen molar-refractivity contribution in [1.29, 1.82) is 0 Å². The van der Waals surface area contributed by atoms with Crippen LogP contribution in [0.2, 0.25) is 10.0 Å². The number of carboxylic acids is 2. The maximum Gasteiger partial charge on any atom is 0.416 e. The van der Waals surface area contributed by atoms with Crippen LogP contribution in [0.3, 0.4) is 0 Å². The second-order valence-corrected chi connectivity index (χ2v) is 6.17. The van der Waals surface area contributed by atoms with Crippen LogP contribution < -0.4 is 4.74 Å². The quantitative estimate of drug-likeness (QED) is 0.499. The van der Waals surface area contributed by atoms with Crippen molar-refractivity contribution < 1.29 is 42.5 Å². The summed E-state index contributed by atoms with van der Waals surface area (Å²) in [5.74, 6) is -7.75. The van der Waals surface area contributed by atoms with E-state index >= 15 is 0 Å². The number of aliphatic carboxylic acids is 2. The molecule has 148 valence electrons. The van der Waals surface area contributed by atoms with Crippen molar-refractivity contribution in [2.75, 3.05) is 0 Å². The molecule has 28 heavy (non-hydrogen) atoms. The van der Waals surface area contributed by atoms with Gasteiger partial charge in [-0.25, -0.2) is 0 Å². The van der Waals surface area contributed by atoms with Crippen molar-refractivity contribution in [2.24, 2.45) is 5.92 Å². The summed E-state index contributed by atoms with van der Waals surface area (Å²) in [7, 11) is 0. The molecule has 0 aliphatic heterocycles. The van der Waals surface area contributed by atoms with E-state index in [9.17, 15) is 27.6 Å². The van der Waals surface area contributed by atoms with E-state index in [0.29, 0.717) is 6.07 Å². The summed E-state index contributed by atoms with van der Waals surface area (Å²) in [6.07, 6.45) is -4.61. The molecule has 0 spiro atoms. The zero-order chi connectivity index (χ0) is 21.2. The maximum atomic E-state index is 12.7.